The molecule has 2 aromatic rings. The number of oxime groups is 1. The van der Waals surface area contributed by atoms with Crippen molar-refractivity contribution in [2.45, 2.75) is 75.8 Å². The molecule has 20 heteroatoms. The van der Waals surface area contributed by atoms with E-state index in [1.807, 2.05) is 6.07 Å². The summed E-state index contributed by atoms with van der Waals surface area (Å²) in [6.45, 7) is 4.63. The summed E-state index contributed by atoms with van der Waals surface area (Å²) in [4.78, 5) is 48.2. The molecule has 2 amide bonds. The molecule has 0 bridgehead atoms. The van der Waals surface area contributed by atoms with E-state index in [-0.39, 0.29) is 29.1 Å². The van der Waals surface area contributed by atoms with Crippen LogP contribution in [0, 0.1) is 11.3 Å². The van der Waals surface area contributed by atoms with Crippen molar-refractivity contribution in [3.05, 3.63) is 40.4 Å². The second kappa shape index (κ2) is 12.9. The topological polar surface area (TPSA) is 282 Å². The lowest BCUT2D eigenvalue weighted by atomic mass is 9.81. The number of carbonyl (C=O) groups excluding carboxylic acids is 2. The van der Waals surface area contributed by atoms with E-state index < -0.39 is 57.2 Å². The van der Waals surface area contributed by atoms with Crippen LogP contribution in [-0.2, 0) is 40.3 Å². The summed E-state index contributed by atoms with van der Waals surface area (Å²) in [6.07, 6.45) is 1.36. The molecular formula is C28H36N8O10S2. The molecule has 0 unspecified atom stereocenters. The van der Waals surface area contributed by atoms with Gasteiger partial charge in [0.15, 0.2) is 16.9 Å². The smallest absolute Gasteiger partial charge is 0.418 e. The van der Waals surface area contributed by atoms with Crippen LogP contribution in [0.1, 0.15) is 56.9 Å². The fraction of sp³-hybridized carbons (Fsp3) is 0.500. The third kappa shape index (κ3) is 7.06. The minimum absolute atomic E-state index is 0.0568. The van der Waals surface area contributed by atoms with Crippen LogP contribution in [0.3, 0.4) is 0 Å². The van der Waals surface area contributed by atoms with E-state index in [4.69, 9.17) is 31.0 Å². The molecule has 1 saturated heterocycles. The molecule has 3 heterocycles. The van der Waals surface area contributed by atoms with Crippen molar-refractivity contribution in [3.63, 3.8) is 0 Å². The van der Waals surface area contributed by atoms with E-state index in [1.165, 1.54) is 26.2 Å². The molecule has 1 aromatic carbocycles. The summed E-state index contributed by atoms with van der Waals surface area (Å²) in [6, 6.07) is 4.04. The monoisotopic (exact) mass is 708 g/mol. The first kappa shape index (κ1) is 35.0. The number of nitrogens with two attached hydrogens (primary N) is 2. The lowest BCUT2D eigenvalue weighted by molar-refractivity contribution is -0.218. The number of nitrogens with zero attached hydrogens (tertiary/aromatic N) is 3. The number of fused-ring (bicyclic) bond motifs is 1. The van der Waals surface area contributed by atoms with E-state index in [1.54, 1.807) is 12.1 Å². The van der Waals surface area contributed by atoms with Crippen LogP contribution in [0.15, 0.2) is 28.7 Å². The molecule has 3 atom stereocenters. The summed E-state index contributed by atoms with van der Waals surface area (Å²) in [5, 5.41) is 29.9. The number of carboxylic acids is 1. The van der Waals surface area contributed by atoms with E-state index in [2.05, 4.69) is 25.1 Å². The largest absolute Gasteiger partial charge is 0.485 e. The van der Waals surface area contributed by atoms with Gasteiger partial charge in [-0.2, -0.15) is 13.5 Å². The third-order valence-corrected chi connectivity index (χ3v) is 9.61. The quantitative estimate of drug-likeness (QED) is 0.0509. The number of carboxylic acid groups (broad SMARTS) is 1. The molecule has 2 fully saturated rings. The van der Waals surface area contributed by atoms with Crippen molar-refractivity contribution < 1.29 is 46.3 Å². The summed E-state index contributed by atoms with van der Waals surface area (Å²) in [5.74, 6) is -2.37. The maximum Gasteiger partial charge on any atom is 0.418 e. The van der Waals surface area contributed by atoms with Gasteiger partial charge in [-0.1, -0.05) is 5.16 Å². The van der Waals surface area contributed by atoms with Crippen molar-refractivity contribution in [2.24, 2.45) is 16.8 Å². The molecule has 0 spiro atoms. The number of hydroxylamine groups is 2. The Morgan fingerprint density at radius 3 is 2.62 bits per heavy atom. The Labute approximate surface area is 279 Å². The van der Waals surface area contributed by atoms with Crippen molar-refractivity contribution >= 4 is 56.2 Å². The van der Waals surface area contributed by atoms with Gasteiger partial charge >= 0.3 is 16.4 Å². The Hall–Kier alpha value is -4.37. The first-order valence-electron chi connectivity index (χ1n) is 14.8. The minimum Gasteiger partial charge on any atom is -0.485 e. The number of amidine groups is 1. The van der Waals surface area contributed by atoms with Crippen molar-refractivity contribution in [1.29, 1.82) is 5.41 Å². The number of aryl methyl sites for hydroxylation is 1. The number of thiazole rings is 1. The van der Waals surface area contributed by atoms with Gasteiger partial charge in [-0.25, -0.2) is 9.78 Å². The number of aliphatic carboxylic acids is 1. The molecule has 48 heavy (non-hydrogen) atoms. The number of hydrogen-bond donors (Lipinski definition) is 7. The fourth-order valence-corrected chi connectivity index (χ4v) is 6.63. The van der Waals surface area contributed by atoms with Crippen molar-refractivity contribution in [3.8, 4) is 5.75 Å². The number of ether oxygens (including phenoxy) is 1. The molecule has 2 aliphatic heterocycles. The van der Waals surface area contributed by atoms with Gasteiger partial charge in [0, 0.05) is 23.5 Å². The Balaban J connectivity index is 1.31. The molecule has 5 rings (SSSR count). The highest BCUT2D eigenvalue weighted by atomic mass is 32.3. The number of nitrogen functional groups attached to an aromatic ring is 1. The number of hydrogen-bond acceptors (Lipinski definition) is 14. The predicted molar refractivity (Wildman–Crippen MR) is 170 cm³/mol. The van der Waals surface area contributed by atoms with Crippen molar-refractivity contribution in [2.75, 3.05) is 12.3 Å². The summed E-state index contributed by atoms with van der Waals surface area (Å²) < 4.78 is 41.7. The predicted octanol–water partition coefficient (Wildman–Crippen LogP) is 0.175. The zero-order valence-corrected chi connectivity index (χ0v) is 27.8. The van der Waals surface area contributed by atoms with Gasteiger partial charge in [-0.05, 0) is 76.1 Å². The molecule has 3 aliphatic rings. The zero-order chi connectivity index (χ0) is 35.2. The molecule has 0 radical (unpaired) electrons. The Morgan fingerprint density at radius 1 is 1.33 bits per heavy atom. The van der Waals surface area contributed by atoms with Crippen LogP contribution in [0.25, 0.3) is 0 Å². The molecule has 9 N–H and O–H groups in total. The number of rotatable bonds is 12. The number of amides is 2. The molecule has 18 nitrogen and oxygen atoms in total. The first-order chi connectivity index (χ1) is 22.4. The number of nitrogens with one attached hydrogen (secondary N) is 3. The number of aromatic nitrogens is 1. The molecular weight excluding hydrogens is 672 g/mol. The van der Waals surface area contributed by atoms with Crippen LogP contribution < -0.4 is 26.8 Å². The zero-order valence-electron chi connectivity index (χ0n) is 26.1. The number of benzene rings is 1. The van der Waals surface area contributed by atoms with Gasteiger partial charge in [0.25, 0.3) is 17.4 Å². The van der Waals surface area contributed by atoms with Crippen LogP contribution >= 0.6 is 11.3 Å². The standard InChI is InChI=1S/C28H36N8O10S2/c1-27(2)21(24(38)36(27)46-48(41,42)43)34-23(37)20(17-12-47-26(31)33-17)35-45-28(3,25(39)40)19-7-5-14-10-15(4-6-18(14)44-19)22(30)32-11-13-8-16(29)9-13/h4,6,10,12-13,16,19,21H,5,7-9,11,29H2,1-3H3,(H2,30,32)(H2,31,33)(H,34,37)(H,39,40)(H,41,42,43)/b35-20-/t13?,16?,19-,21-,28+/m1/s1. The van der Waals surface area contributed by atoms with Crippen LogP contribution in [0.2, 0.25) is 0 Å². The molecule has 1 saturated carbocycles. The number of carbonyl (C=O) groups is 3. The SMILES string of the molecule is CC1(C)[C@H](NC(=O)/C(=N\O[C@](C)(C(=O)O)[C@H]2CCc3cc(C(=N)NCC4CC(N)C4)ccc3O2)c2csc(N)n2)C(=O)N1OS(=O)(=O)O. The average Bonchev–Trinajstić information content (AvgIpc) is 3.44. The maximum absolute atomic E-state index is 13.4. The average molecular weight is 709 g/mol. The van der Waals surface area contributed by atoms with Crippen LogP contribution in [0.4, 0.5) is 5.13 Å². The van der Waals surface area contributed by atoms with E-state index in [0.717, 1.165) is 29.7 Å². The highest BCUT2D eigenvalue weighted by Gasteiger charge is 2.58. The van der Waals surface area contributed by atoms with Gasteiger partial charge in [0.1, 0.15) is 23.3 Å². The van der Waals surface area contributed by atoms with Gasteiger partial charge in [0.05, 0.1) is 5.54 Å². The highest BCUT2D eigenvalue weighted by molar-refractivity contribution is 7.80. The lowest BCUT2D eigenvalue weighted by Crippen LogP contribution is -2.76. The van der Waals surface area contributed by atoms with Gasteiger partial charge in [-0.15, -0.1) is 15.6 Å². The van der Waals surface area contributed by atoms with Crippen LogP contribution in [-0.4, -0.2) is 93.3 Å². The minimum atomic E-state index is -5.03. The first-order valence-corrected chi connectivity index (χ1v) is 17.0. The fourth-order valence-electron chi connectivity index (χ4n) is 5.63. The lowest BCUT2D eigenvalue weighted by Gasteiger charge is -2.50. The number of anilines is 1. The van der Waals surface area contributed by atoms with E-state index in [0.29, 0.717) is 35.3 Å². The van der Waals surface area contributed by atoms with Gasteiger partial charge < -0.3 is 36.8 Å². The van der Waals surface area contributed by atoms with Gasteiger partial charge in [-0.3, -0.25) is 19.6 Å². The van der Waals surface area contributed by atoms with Crippen molar-refractivity contribution in [1.82, 2.24) is 20.7 Å². The number of β-lactam (4-membered cyclic amide) rings is 1. The summed E-state index contributed by atoms with van der Waals surface area (Å²) in [7, 11) is -5.03. The van der Waals surface area contributed by atoms with Gasteiger partial charge in [0.2, 0.25) is 0 Å². The third-order valence-electron chi connectivity index (χ3n) is 8.60. The normalized spacial score (nSPS) is 24.6. The Bertz CT molecular complexity index is 1770. The maximum atomic E-state index is 13.4. The highest BCUT2D eigenvalue weighted by Crippen LogP contribution is 2.35. The molecule has 1 aromatic heterocycles. The van der Waals surface area contributed by atoms with E-state index >= 15 is 0 Å². The second-order valence-electron chi connectivity index (χ2n) is 12.5. The molecule has 1 aliphatic carbocycles. The summed E-state index contributed by atoms with van der Waals surface area (Å²) >= 11 is 0.962. The van der Waals surface area contributed by atoms with Crippen LogP contribution in [0.5, 0.6) is 5.75 Å². The second-order valence-corrected chi connectivity index (χ2v) is 14.4. The summed E-state index contributed by atoms with van der Waals surface area (Å²) in [5.41, 5.74) is 8.85. The Morgan fingerprint density at radius 2 is 2.04 bits per heavy atom. The van der Waals surface area contributed by atoms with E-state index in [9.17, 15) is 27.9 Å². The molecule has 260 valence electrons. The Kier molecular flexibility index (Phi) is 9.40.